The second-order valence-corrected chi connectivity index (χ2v) is 3.14. The van der Waals surface area contributed by atoms with Crippen LogP contribution in [0.15, 0.2) is 0 Å². The van der Waals surface area contributed by atoms with Crippen molar-refractivity contribution in [2.24, 2.45) is 0 Å². The third-order valence-corrected chi connectivity index (χ3v) is 1.98. The summed E-state index contributed by atoms with van der Waals surface area (Å²) in [6, 6.07) is 0. The van der Waals surface area contributed by atoms with Crippen LogP contribution in [-0.2, 0) is 14.3 Å². The van der Waals surface area contributed by atoms with Crippen LogP contribution in [0.4, 0.5) is 0 Å². The molecule has 4 heteroatoms. The summed E-state index contributed by atoms with van der Waals surface area (Å²) < 4.78 is 10.0. The Morgan fingerprint density at radius 1 is 1.64 bits per heavy atom. The lowest BCUT2D eigenvalue weighted by atomic mass is 10.2. The van der Waals surface area contributed by atoms with Gasteiger partial charge in [0.25, 0.3) is 0 Å². The van der Waals surface area contributed by atoms with Gasteiger partial charge in [-0.2, -0.15) is 0 Å². The van der Waals surface area contributed by atoms with E-state index in [-0.39, 0.29) is 18.7 Å². The summed E-state index contributed by atoms with van der Waals surface area (Å²) in [6.45, 7) is 4.49. The molecule has 78 valence electrons. The van der Waals surface area contributed by atoms with Crippen LogP contribution in [0.25, 0.3) is 0 Å². The average molecular weight is 197 g/mol. The molecule has 0 aromatic rings. The number of carbonyl (C=O) groups excluding carboxylic acids is 1. The molecule has 1 fully saturated rings. The molecule has 0 aromatic carbocycles. The Kier molecular flexibility index (Phi) is 4.44. The van der Waals surface area contributed by atoms with Gasteiger partial charge in [0.15, 0.2) is 0 Å². The standard InChI is InChI=1S/C10H15NO3/c1-3-5-11-6-9(7-11)14-8-10(12)13-4-2/h1,9H,4-8H2,2H3. The molecule has 1 rings (SSSR count). The minimum absolute atomic E-state index is 0.0440. The number of rotatable bonds is 5. The number of carbonyl (C=O) groups is 1. The van der Waals surface area contributed by atoms with Crippen LogP contribution < -0.4 is 0 Å². The van der Waals surface area contributed by atoms with Crippen molar-refractivity contribution in [1.29, 1.82) is 0 Å². The molecule has 0 spiro atoms. The number of likely N-dealkylation sites (tertiary alicyclic amines) is 1. The molecule has 0 aromatic heterocycles. The van der Waals surface area contributed by atoms with Gasteiger partial charge in [0.1, 0.15) is 6.61 Å². The first-order chi connectivity index (χ1) is 6.76. The summed E-state index contributed by atoms with van der Waals surface area (Å²) in [7, 11) is 0. The lowest BCUT2D eigenvalue weighted by Gasteiger charge is -2.37. The Bertz CT molecular complexity index is 228. The van der Waals surface area contributed by atoms with Crippen molar-refractivity contribution in [2.45, 2.75) is 13.0 Å². The third kappa shape index (κ3) is 3.36. The summed E-state index contributed by atoms with van der Waals surface area (Å²) in [5, 5.41) is 0. The van der Waals surface area contributed by atoms with E-state index in [1.165, 1.54) is 0 Å². The first-order valence-corrected chi connectivity index (χ1v) is 4.69. The number of nitrogens with zero attached hydrogens (tertiary/aromatic N) is 1. The molecule has 1 saturated heterocycles. The van der Waals surface area contributed by atoms with Gasteiger partial charge in [0.2, 0.25) is 0 Å². The molecule has 0 N–H and O–H groups in total. The van der Waals surface area contributed by atoms with Gasteiger partial charge in [-0.05, 0) is 6.92 Å². The van der Waals surface area contributed by atoms with Crippen molar-refractivity contribution in [3.63, 3.8) is 0 Å². The molecule has 0 amide bonds. The van der Waals surface area contributed by atoms with Crippen LogP contribution in [0, 0.1) is 12.3 Å². The Morgan fingerprint density at radius 2 is 2.36 bits per heavy atom. The molecule has 14 heavy (non-hydrogen) atoms. The van der Waals surface area contributed by atoms with Crippen LogP contribution in [0.2, 0.25) is 0 Å². The second kappa shape index (κ2) is 5.63. The van der Waals surface area contributed by atoms with E-state index in [0.29, 0.717) is 13.2 Å². The quantitative estimate of drug-likeness (QED) is 0.455. The molecule has 4 nitrogen and oxygen atoms in total. The molecule has 0 atom stereocenters. The molecule has 1 aliphatic heterocycles. The lowest BCUT2D eigenvalue weighted by Crippen LogP contribution is -2.52. The first-order valence-electron chi connectivity index (χ1n) is 4.69. The van der Waals surface area contributed by atoms with E-state index < -0.39 is 0 Å². The average Bonchev–Trinajstić information content (AvgIpc) is 2.09. The van der Waals surface area contributed by atoms with Crippen LogP contribution in [-0.4, -0.2) is 49.8 Å². The van der Waals surface area contributed by atoms with Gasteiger partial charge in [0.05, 0.1) is 19.3 Å². The van der Waals surface area contributed by atoms with Crippen LogP contribution in [0.1, 0.15) is 6.92 Å². The van der Waals surface area contributed by atoms with Gasteiger partial charge in [-0.25, -0.2) is 4.79 Å². The highest BCUT2D eigenvalue weighted by Crippen LogP contribution is 2.10. The van der Waals surface area contributed by atoms with Crippen molar-refractivity contribution in [3.8, 4) is 12.3 Å². The maximum absolute atomic E-state index is 10.9. The van der Waals surface area contributed by atoms with E-state index >= 15 is 0 Å². The van der Waals surface area contributed by atoms with Crippen LogP contribution in [0.3, 0.4) is 0 Å². The fraction of sp³-hybridized carbons (Fsp3) is 0.700. The molecule has 0 aliphatic carbocycles. The van der Waals surface area contributed by atoms with Gasteiger partial charge < -0.3 is 9.47 Å². The molecule has 0 radical (unpaired) electrons. The maximum atomic E-state index is 10.9. The number of hydrogen-bond acceptors (Lipinski definition) is 4. The molecule has 0 unspecified atom stereocenters. The number of esters is 1. The molecule has 0 bridgehead atoms. The third-order valence-electron chi connectivity index (χ3n) is 1.98. The van der Waals surface area contributed by atoms with E-state index in [1.54, 1.807) is 6.92 Å². The predicted molar refractivity (Wildman–Crippen MR) is 51.6 cm³/mol. The SMILES string of the molecule is C#CCN1CC(OCC(=O)OCC)C1. The van der Waals surface area contributed by atoms with Gasteiger partial charge in [-0.1, -0.05) is 5.92 Å². The fourth-order valence-corrected chi connectivity index (χ4v) is 1.27. The van der Waals surface area contributed by atoms with E-state index in [9.17, 15) is 4.79 Å². The molecule has 1 aliphatic rings. The molecular weight excluding hydrogens is 182 g/mol. The Morgan fingerprint density at radius 3 is 2.93 bits per heavy atom. The van der Waals surface area contributed by atoms with Crippen molar-refractivity contribution < 1.29 is 14.3 Å². The minimum atomic E-state index is -0.303. The molecular formula is C10H15NO3. The normalized spacial score (nSPS) is 17.1. The maximum Gasteiger partial charge on any atom is 0.332 e. The minimum Gasteiger partial charge on any atom is -0.464 e. The summed E-state index contributed by atoms with van der Waals surface area (Å²) >= 11 is 0. The highest BCUT2D eigenvalue weighted by Gasteiger charge is 2.26. The van der Waals surface area contributed by atoms with Crippen molar-refractivity contribution in [1.82, 2.24) is 4.90 Å². The fourth-order valence-electron chi connectivity index (χ4n) is 1.27. The highest BCUT2D eigenvalue weighted by atomic mass is 16.6. The zero-order valence-corrected chi connectivity index (χ0v) is 8.36. The van der Waals surface area contributed by atoms with Crippen LogP contribution >= 0.6 is 0 Å². The van der Waals surface area contributed by atoms with Gasteiger partial charge in [-0.3, -0.25) is 4.90 Å². The van der Waals surface area contributed by atoms with Crippen molar-refractivity contribution in [3.05, 3.63) is 0 Å². The lowest BCUT2D eigenvalue weighted by molar-refractivity contribution is -0.154. The summed E-state index contributed by atoms with van der Waals surface area (Å²) in [5.74, 6) is 2.25. The monoisotopic (exact) mass is 197 g/mol. The predicted octanol–water partition coefficient (Wildman–Crippen LogP) is -0.117. The van der Waals surface area contributed by atoms with Crippen molar-refractivity contribution >= 4 is 5.97 Å². The van der Waals surface area contributed by atoms with Crippen molar-refractivity contribution in [2.75, 3.05) is 32.8 Å². The van der Waals surface area contributed by atoms with Gasteiger partial charge >= 0.3 is 5.97 Å². The number of ether oxygens (including phenoxy) is 2. The summed E-state index contributed by atoms with van der Waals surface area (Å²) in [6.07, 6.45) is 5.27. The summed E-state index contributed by atoms with van der Waals surface area (Å²) in [4.78, 5) is 13.0. The highest BCUT2D eigenvalue weighted by molar-refractivity contribution is 5.70. The zero-order valence-electron chi connectivity index (χ0n) is 8.36. The van der Waals surface area contributed by atoms with Gasteiger partial charge in [-0.15, -0.1) is 6.42 Å². The summed E-state index contributed by atoms with van der Waals surface area (Å²) in [5.41, 5.74) is 0. The van der Waals surface area contributed by atoms with Crippen LogP contribution in [0.5, 0.6) is 0 Å². The van der Waals surface area contributed by atoms with E-state index in [0.717, 1.165) is 13.1 Å². The molecule has 1 heterocycles. The Balaban J connectivity index is 2.01. The largest absolute Gasteiger partial charge is 0.464 e. The Labute approximate surface area is 84.2 Å². The number of hydrogen-bond donors (Lipinski definition) is 0. The first kappa shape index (κ1) is 11.0. The topological polar surface area (TPSA) is 38.8 Å². The molecule has 0 saturated carbocycles. The zero-order chi connectivity index (χ0) is 10.4. The van der Waals surface area contributed by atoms with E-state index in [2.05, 4.69) is 10.8 Å². The number of terminal acetylenes is 1. The second-order valence-electron chi connectivity index (χ2n) is 3.14. The van der Waals surface area contributed by atoms with E-state index in [1.807, 2.05) is 0 Å². The Hall–Kier alpha value is -1.05. The van der Waals surface area contributed by atoms with Gasteiger partial charge in [0, 0.05) is 13.1 Å². The smallest absolute Gasteiger partial charge is 0.332 e. The van der Waals surface area contributed by atoms with E-state index in [4.69, 9.17) is 15.9 Å².